The van der Waals surface area contributed by atoms with Gasteiger partial charge < -0.3 is 14.4 Å². The zero-order valence-corrected chi connectivity index (χ0v) is 16.7. The molecule has 4 saturated heterocycles. The summed E-state index contributed by atoms with van der Waals surface area (Å²) in [7, 11) is 0. The fourth-order valence-electron chi connectivity index (χ4n) is 5.89. The van der Waals surface area contributed by atoms with Crippen LogP contribution in [0.2, 0.25) is 0 Å². The number of ether oxygens (including phenoxy) is 2. The van der Waals surface area contributed by atoms with Crippen LogP contribution in [0.25, 0.3) is 0 Å². The van der Waals surface area contributed by atoms with Gasteiger partial charge >= 0.3 is 0 Å². The number of rotatable bonds is 3. The molecule has 152 valence electrons. The van der Waals surface area contributed by atoms with Gasteiger partial charge in [0.15, 0.2) is 11.5 Å². The molecule has 7 heteroatoms. The van der Waals surface area contributed by atoms with E-state index in [1.807, 2.05) is 29.9 Å². The van der Waals surface area contributed by atoms with Crippen LogP contribution >= 0.6 is 0 Å². The number of carbonyl (C=O) groups is 1. The lowest BCUT2D eigenvalue weighted by molar-refractivity contribution is -0.00361. The summed E-state index contributed by atoms with van der Waals surface area (Å²) in [6, 6.07) is 8.78. The monoisotopic (exact) mass is 394 g/mol. The van der Waals surface area contributed by atoms with E-state index < -0.39 is 0 Å². The van der Waals surface area contributed by atoms with Crippen molar-refractivity contribution in [2.75, 3.05) is 26.4 Å². The first kappa shape index (κ1) is 17.3. The summed E-state index contributed by atoms with van der Waals surface area (Å²) in [5.41, 5.74) is 1.81. The fourth-order valence-corrected chi connectivity index (χ4v) is 5.89. The van der Waals surface area contributed by atoms with E-state index in [9.17, 15) is 4.79 Å². The molecule has 0 radical (unpaired) electrons. The van der Waals surface area contributed by atoms with Gasteiger partial charge in [0.25, 0.3) is 5.91 Å². The van der Waals surface area contributed by atoms with E-state index in [0.717, 1.165) is 37.7 Å². The van der Waals surface area contributed by atoms with Gasteiger partial charge in [0.05, 0.1) is 6.04 Å². The van der Waals surface area contributed by atoms with Gasteiger partial charge in [-0.3, -0.25) is 14.4 Å². The molecule has 0 unspecified atom stereocenters. The summed E-state index contributed by atoms with van der Waals surface area (Å²) in [5, 5.41) is 4.49. The lowest BCUT2D eigenvalue weighted by atomic mass is 9.75. The second-order valence-corrected chi connectivity index (χ2v) is 8.59. The topological polar surface area (TPSA) is 59.8 Å². The third kappa shape index (κ3) is 2.60. The lowest BCUT2D eigenvalue weighted by Crippen LogP contribution is -2.60. The van der Waals surface area contributed by atoms with E-state index in [1.54, 1.807) is 0 Å². The number of aryl methyl sites for hydroxylation is 1. The molecule has 5 aliphatic rings. The number of fused-ring (bicyclic) bond motifs is 3. The Balaban J connectivity index is 1.37. The number of likely N-dealkylation sites (tertiary alicyclic amines) is 1. The first-order valence-electron chi connectivity index (χ1n) is 10.7. The fraction of sp³-hybridized carbons (Fsp3) is 0.545. The van der Waals surface area contributed by atoms with Crippen molar-refractivity contribution in [3.05, 3.63) is 41.7 Å². The molecular formula is C22H26N4O3. The number of carbonyl (C=O) groups excluding carboxylic acids is 1. The average Bonchev–Trinajstić information content (AvgIpc) is 3.51. The van der Waals surface area contributed by atoms with Crippen molar-refractivity contribution in [2.24, 2.45) is 5.92 Å². The van der Waals surface area contributed by atoms with E-state index >= 15 is 0 Å². The minimum Gasteiger partial charge on any atom is -0.454 e. The molecular weight excluding hydrogens is 368 g/mol. The van der Waals surface area contributed by atoms with Crippen molar-refractivity contribution >= 4 is 5.91 Å². The Morgan fingerprint density at radius 3 is 2.76 bits per heavy atom. The third-order valence-electron chi connectivity index (χ3n) is 7.26. The minimum absolute atomic E-state index is 0.0733. The molecule has 5 aliphatic heterocycles. The zero-order chi connectivity index (χ0) is 19.5. The molecule has 0 saturated carbocycles. The van der Waals surface area contributed by atoms with Crippen LogP contribution in [-0.4, -0.2) is 64.0 Å². The number of benzene rings is 1. The predicted molar refractivity (Wildman–Crippen MR) is 106 cm³/mol. The number of aromatic nitrogens is 2. The van der Waals surface area contributed by atoms with Crippen LogP contribution in [0.1, 0.15) is 41.7 Å². The van der Waals surface area contributed by atoms with Gasteiger partial charge in [-0.2, -0.15) is 5.10 Å². The van der Waals surface area contributed by atoms with Crippen LogP contribution in [0.3, 0.4) is 0 Å². The van der Waals surface area contributed by atoms with Crippen molar-refractivity contribution in [3.63, 3.8) is 0 Å². The van der Waals surface area contributed by atoms with Crippen LogP contribution in [0.5, 0.6) is 11.5 Å². The molecule has 2 bridgehead atoms. The first-order valence-corrected chi connectivity index (χ1v) is 10.7. The molecule has 1 aromatic heterocycles. The standard InChI is InChI=1S/C22H26N4O3/c1-2-25-10-7-17(23-25)22(27)26-12-16(15-3-4-18-19(11-15)29-13-28-18)21-20(26)14-5-8-24(21)9-6-14/h3-4,7,10-11,14,16,20-21H,2,5-6,8-9,12-13H2,1H3/t16-,20+,21+/m0/s1. The highest BCUT2D eigenvalue weighted by molar-refractivity contribution is 5.93. The van der Waals surface area contributed by atoms with E-state index in [2.05, 4.69) is 27.0 Å². The van der Waals surface area contributed by atoms with Crippen LogP contribution in [-0.2, 0) is 6.54 Å². The largest absolute Gasteiger partial charge is 0.454 e. The SMILES string of the molecule is CCn1ccc(C(=O)N2C[C@@H](c3ccc4c(c3)OCO4)[C@@H]3[C@H]2C2CCN3CC2)n1. The summed E-state index contributed by atoms with van der Waals surface area (Å²) in [6.07, 6.45) is 4.26. The van der Waals surface area contributed by atoms with Crippen molar-refractivity contribution in [1.29, 1.82) is 0 Å². The number of hydrogen-bond donors (Lipinski definition) is 0. The summed E-state index contributed by atoms with van der Waals surface area (Å²) in [5.74, 6) is 2.58. The smallest absolute Gasteiger partial charge is 0.274 e. The molecule has 1 amide bonds. The number of hydrogen-bond acceptors (Lipinski definition) is 5. The summed E-state index contributed by atoms with van der Waals surface area (Å²) >= 11 is 0. The van der Waals surface area contributed by atoms with E-state index in [0.29, 0.717) is 17.7 Å². The summed E-state index contributed by atoms with van der Waals surface area (Å²) in [4.78, 5) is 18.2. The quantitative estimate of drug-likeness (QED) is 0.800. The van der Waals surface area contributed by atoms with Gasteiger partial charge in [0.1, 0.15) is 5.69 Å². The molecule has 1 aromatic carbocycles. The molecule has 0 aliphatic carbocycles. The molecule has 7 nitrogen and oxygen atoms in total. The van der Waals surface area contributed by atoms with Gasteiger partial charge in [-0.25, -0.2) is 0 Å². The number of piperidine rings is 3. The van der Waals surface area contributed by atoms with Gasteiger partial charge in [-0.15, -0.1) is 0 Å². The third-order valence-corrected chi connectivity index (χ3v) is 7.26. The van der Waals surface area contributed by atoms with Crippen molar-refractivity contribution in [2.45, 2.75) is 44.3 Å². The van der Waals surface area contributed by atoms with Gasteiger partial charge in [-0.05, 0) is 62.5 Å². The molecule has 3 atom stereocenters. The second kappa shape index (κ2) is 6.49. The maximum Gasteiger partial charge on any atom is 0.274 e. The highest BCUT2D eigenvalue weighted by Gasteiger charge is 2.55. The van der Waals surface area contributed by atoms with Crippen LogP contribution in [0.4, 0.5) is 0 Å². The van der Waals surface area contributed by atoms with Crippen LogP contribution in [0, 0.1) is 5.92 Å². The maximum atomic E-state index is 13.5. The highest BCUT2D eigenvalue weighted by Crippen LogP contribution is 2.48. The predicted octanol–water partition coefficient (Wildman–Crippen LogP) is 2.33. The Hall–Kier alpha value is -2.54. The van der Waals surface area contributed by atoms with Crippen LogP contribution < -0.4 is 9.47 Å². The van der Waals surface area contributed by atoms with Gasteiger partial charge in [-0.1, -0.05) is 6.07 Å². The van der Waals surface area contributed by atoms with Gasteiger partial charge in [0.2, 0.25) is 6.79 Å². The molecule has 2 aromatic rings. The molecule has 4 fully saturated rings. The minimum atomic E-state index is 0.0733. The highest BCUT2D eigenvalue weighted by atomic mass is 16.7. The Morgan fingerprint density at radius 1 is 1.14 bits per heavy atom. The first-order chi connectivity index (χ1) is 14.2. The van der Waals surface area contributed by atoms with Crippen molar-refractivity contribution < 1.29 is 14.3 Å². The molecule has 7 rings (SSSR count). The maximum absolute atomic E-state index is 13.5. The normalized spacial score (nSPS) is 31.9. The van der Waals surface area contributed by atoms with Crippen LogP contribution in [0.15, 0.2) is 30.5 Å². The molecule has 6 heterocycles. The molecule has 0 N–H and O–H groups in total. The van der Waals surface area contributed by atoms with E-state index in [4.69, 9.17) is 9.47 Å². The Kier molecular flexibility index (Phi) is 3.88. The summed E-state index contributed by atoms with van der Waals surface area (Å²) in [6.45, 7) is 6.11. The van der Waals surface area contributed by atoms with Crippen molar-refractivity contribution in [3.8, 4) is 11.5 Å². The van der Waals surface area contributed by atoms with E-state index in [1.165, 1.54) is 18.4 Å². The van der Waals surface area contributed by atoms with E-state index in [-0.39, 0.29) is 24.7 Å². The molecule has 0 spiro atoms. The van der Waals surface area contributed by atoms with Crippen molar-refractivity contribution in [1.82, 2.24) is 19.6 Å². The second-order valence-electron chi connectivity index (χ2n) is 8.59. The van der Waals surface area contributed by atoms with Gasteiger partial charge in [0, 0.05) is 31.2 Å². The lowest BCUT2D eigenvalue weighted by Gasteiger charge is -2.51. The Morgan fingerprint density at radius 2 is 1.97 bits per heavy atom. The number of amides is 1. The molecule has 29 heavy (non-hydrogen) atoms. The Bertz CT molecular complexity index is 949. The summed E-state index contributed by atoms with van der Waals surface area (Å²) < 4.78 is 12.9. The Labute approximate surface area is 170 Å². The zero-order valence-electron chi connectivity index (χ0n) is 16.7. The average molecular weight is 394 g/mol. The number of nitrogens with zero attached hydrogens (tertiary/aromatic N) is 4.